The average molecular weight is 260 g/mol. The fourth-order valence-electron chi connectivity index (χ4n) is 2.83. The molecule has 0 saturated carbocycles. The molecule has 2 rings (SSSR count). The van der Waals surface area contributed by atoms with Crippen LogP contribution in [0.4, 0.5) is 0 Å². The normalized spacial score (nSPS) is 23.9. The van der Waals surface area contributed by atoms with Crippen LogP contribution in [0.25, 0.3) is 0 Å². The van der Waals surface area contributed by atoms with Gasteiger partial charge in [-0.3, -0.25) is 4.79 Å². The van der Waals surface area contributed by atoms with Crippen molar-refractivity contribution in [3.05, 3.63) is 35.9 Å². The van der Waals surface area contributed by atoms with E-state index in [4.69, 9.17) is 5.73 Å². The van der Waals surface area contributed by atoms with Crippen LogP contribution in [0.2, 0.25) is 0 Å². The molecule has 0 unspecified atom stereocenters. The van der Waals surface area contributed by atoms with Crippen LogP contribution < -0.4 is 5.73 Å². The zero-order valence-electron chi connectivity index (χ0n) is 11.9. The van der Waals surface area contributed by atoms with Gasteiger partial charge in [0.15, 0.2) is 0 Å². The predicted molar refractivity (Wildman–Crippen MR) is 77.8 cm³/mol. The minimum atomic E-state index is -0.166. The molecular weight excluding hydrogens is 236 g/mol. The topological polar surface area (TPSA) is 46.3 Å². The van der Waals surface area contributed by atoms with Crippen LogP contribution in [0.3, 0.4) is 0 Å². The summed E-state index contributed by atoms with van der Waals surface area (Å²) in [7, 11) is 0. The number of carbonyl (C=O) groups is 1. The molecule has 1 amide bonds. The summed E-state index contributed by atoms with van der Waals surface area (Å²) < 4.78 is 0. The van der Waals surface area contributed by atoms with E-state index in [1.807, 2.05) is 18.2 Å². The molecule has 1 aliphatic rings. The second kappa shape index (κ2) is 6.20. The van der Waals surface area contributed by atoms with E-state index in [1.54, 1.807) is 0 Å². The quantitative estimate of drug-likeness (QED) is 0.882. The SMILES string of the molecule is CC(C)CCN1C[C@H](C(N)=O)[C@@H](c2ccccc2)C1. The average Bonchev–Trinajstić information content (AvgIpc) is 2.82. The van der Waals surface area contributed by atoms with Crippen molar-refractivity contribution in [1.29, 1.82) is 0 Å². The van der Waals surface area contributed by atoms with Crippen molar-refractivity contribution in [2.24, 2.45) is 17.6 Å². The standard InChI is InChI=1S/C16H24N2O/c1-12(2)8-9-18-10-14(15(11-18)16(17)19)13-6-4-3-5-7-13/h3-7,12,14-15H,8-11H2,1-2H3,(H2,17,19)/t14-,15+/m1/s1. The van der Waals surface area contributed by atoms with Crippen molar-refractivity contribution >= 4 is 5.91 Å². The van der Waals surface area contributed by atoms with Crippen LogP contribution in [-0.2, 0) is 4.79 Å². The van der Waals surface area contributed by atoms with Crippen LogP contribution in [0.5, 0.6) is 0 Å². The van der Waals surface area contributed by atoms with Crippen molar-refractivity contribution in [2.45, 2.75) is 26.2 Å². The number of amides is 1. The van der Waals surface area contributed by atoms with E-state index < -0.39 is 0 Å². The number of benzene rings is 1. The van der Waals surface area contributed by atoms with Crippen LogP contribution in [0.15, 0.2) is 30.3 Å². The first-order valence-corrected chi connectivity index (χ1v) is 7.14. The van der Waals surface area contributed by atoms with E-state index >= 15 is 0 Å². The number of likely N-dealkylation sites (tertiary alicyclic amines) is 1. The Labute approximate surface area is 115 Å². The Balaban J connectivity index is 2.07. The summed E-state index contributed by atoms with van der Waals surface area (Å²) in [6.45, 7) is 7.28. The zero-order chi connectivity index (χ0) is 13.8. The van der Waals surface area contributed by atoms with Crippen LogP contribution in [0.1, 0.15) is 31.7 Å². The third-order valence-electron chi connectivity index (χ3n) is 4.01. The predicted octanol–water partition coefficient (Wildman–Crippen LogP) is 2.23. The van der Waals surface area contributed by atoms with Gasteiger partial charge in [0.1, 0.15) is 0 Å². The third-order valence-corrected chi connectivity index (χ3v) is 4.01. The lowest BCUT2D eigenvalue weighted by Gasteiger charge is -2.17. The minimum Gasteiger partial charge on any atom is -0.369 e. The molecule has 0 bridgehead atoms. The Morgan fingerprint density at radius 3 is 2.58 bits per heavy atom. The monoisotopic (exact) mass is 260 g/mol. The smallest absolute Gasteiger partial charge is 0.222 e. The van der Waals surface area contributed by atoms with E-state index in [9.17, 15) is 4.79 Å². The lowest BCUT2D eigenvalue weighted by atomic mass is 9.89. The highest BCUT2D eigenvalue weighted by Gasteiger charge is 2.36. The van der Waals surface area contributed by atoms with Gasteiger partial charge < -0.3 is 10.6 Å². The number of hydrogen-bond acceptors (Lipinski definition) is 2. The molecule has 19 heavy (non-hydrogen) atoms. The summed E-state index contributed by atoms with van der Waals surface area (Å²) in [5.74, 6) is 0.740. The molecule has 0 radical (unpaired) electrons. The maximum absolute atomic E-state index is 11.7. The Kier molecular flexibility index (Phi) is 4.59. The highest BCUT2D eigenvalue weighted by molar-refractivity contribution is 5.78. The van der Waals surface area contributed by atoms with Crippen molar-refractivity contribution in [3.8, 4) is 0 Å². The largest absolute Gasteiger partial charge is 0.369 e. The summed E-state index contributed by atoms with van der Waals surface area (Å²) in [5.41, 5.74) is 6.81. The summed E-state index contributed by atoms with van der Waals surface area (Å²) in [6, 6.07) is 10.3. The van der Waals surface area contributed by atoms with E-state index in [1.165, 1.54) is 12.0 Å². The maximum atomic E-state index is 11.7. The number of rotatable bonds is 5. The van der Waals surface area contributed by atoms with E-state index in [0.717, 1.165) is 19.6 Å². The molecule has 0 aliphatic carbocycles. The van der Waals surface area contributed by atoms with Crippen molar-refractivity contribution in [1.82, 2.24) is 4.90 Å². The van der Waals surface area contributed by atoms with Gasteiger partial charge in [-0.15, -0.1) is 0 Å². The summed E-state index contributed by atoms with van der Waals surface area (Å²) >= 11 is 0. The molecule has 1 heterocycles. The molecule has 1 fully saturated rings. The summed E-state index contributed by atoms with van der Waals surface area (Å²) in [5, 5.41) is 0. The first-order chi connectivity index (χ1) is 9.08. The Bertz CT molecular complexity index is 416. The van der Waals surface area contributed by atoms with Crippen molar-refractivity contribution in [2.75, 3.05) is 19.6 Å². The van der Waals surface area contributed by atoms with Crippen molar-refractivity contribution in [3.63, 3.8) is 0 Å². The Hall–Kier alpha value is -1.35. The highest BCUT2D eigenvalue weighted by atomic mass is 16.1. The number of nitrogens with two attached hydrogens (primary N) is 1. The summed E-state index contributed by atoms with van der Waals surface area (Å²) in [4.78, 5) is 14.0. The molecular formula is C16H24N2O. The third kappa shape index (κ3) is 3.57. The second-order valence-electron chi connectivity index (χ2n) is 5.97. The Morgan fingerprint density at radius 2 is 2.00 bits per heavy atom. The molecule has 104 valence electrons. The zero-order valence-corrected chi connectivity index (χ0v) is 11.9. The lowest BCUT2D eigenvalue weighted by molar-refractivity contribution is -0.121. The number of primary amides is 1. The number of hydrogen-bond donors (Lipinski definition) is 1. The fourth-order valence-corrected chi connectivity index (χ4v) is 2.83. The van der Waals surface area contributed by atoms with Gasteiger partial charge in [0, 0.05) is 19.0 Å². The van der Waals surface area contributed by atoms with Gasteiger partial charge in [-0.2, -0.15) is 0 Å². The van der Waals surface area contributed by atoms with Gasteiger partial charge in [-0.1, -0.05) is 44.2 Å². The lowest BCUT2D eigenvalue weighted by Crippen LogP contribution is -2.29. The van der Waals surface area contributed by atoms with Gasteiger partial charge in [-0.25, -0.2) is 0 Å². The molecule has 0 spiro atoms. The molecule has 1 aliphatic heterocycles. The van der Waals surface area contributed by atoms with Crippen LogP contribution >= 0.6 is 0 Å². The molecule has 1 saturated heterocycles. The van der Waals surface area contributed by atoms with Gasteiger partial charge in [0.2, 0.25) is 5.91 Å². The molecule has 2 atom stereocenters. The Morgan fingerprint density at radius 1 is 1.32 bits per heavy atom. The van der Waals surface area contributed by atoms with E-state index in [0.29, 0.717) is 5.92 Å². The first-order valence-electron chi connectivity index (χ1n) is 7.14. The number of carbonyl (C=O) groups excluding carboxylic acids is 1. The van der Waals surface area contributed by atoms with Gasteiger partial charge in [0.05, 0.1) is 5.92 Å². The van der Waals surface area contributed by atoms with Crippen molar-refractivity contribution < 1.29 is 4.79 Å². The molecule has 1 aromatic carbocycles. The first kappa shape index (κ1) is 14.1. The summed E-state index contributed by atoms with van der Waals surface area (Å²) in [6.07, 6.45) is 1.17. The number of nitrogens with zero attached hydrogens (tertiary/aromatic N) is 1. The maximum Gasteiger partial charge on any atom is 0.222 e. The van der Waals surface area contributed by atoms with Crippen LogP contribution in [-0.4, -0.2) is 30.4 Å². The molecule has 3 nitrogen and oxygen atoms in total. The van der Waals surface area contributed by atoms with E-state index in [2.05, 4.69) is 30.9 Å². The van der Waals surface area contributed by atoms with Gasteiger partial charge in [0.25, 0.3) is 0 Å². The molecule has 1 aromatic rings. The molecule has 3 heteroatoms. The van der Waals surface area contributed by atoms with Gasteiger partial charge >= 0.3 is 0 Å². The van der Waals surface area contributed by atoms with Crippen LogP contribution in [0, 0.1) is 11.8 Å². The minimum absolute atomic E-state index is 0.0467. The van der Waals surface area contributed by atoms with Gasteiger partial charge in [-0.05, 0) is 24.4 Å². The highest BCUT2D eigenvalue weighted by Crippen LogP contribution is 2.32. The van der Waals surface area contributed by atoms with E-state index in [-0.39, 0.29) is 17.7 Å². The molecule has 2 N–H and O–H groups in total. The second-order valence-corrected chi connectivity index (χ2v) is 5.97. The fraction of sp³-hybridized carbons (Fsp3) is 0.562. The molecule has 0 aromatic heterocycles.